The third-order valence-electron chi connectivity index (χ3n) is 4.53. The van der Waals surface area contributed by atoms with Crippen molar-refractivity contribution < 1.29 is 18.7 Å². The number of hydrogen-bond acceptors (Lipinski definition) is 4. The van der Waals surface area contributed by atoms with Crippen molar-refractivity contribution in [2.45, 2.75) is 0 Å². The molecule has 4 aromatic rings. The molecule has 0 spiro atoms. The molecular weight excluding hydrogens is 439 g/mol. The lowest BCUT2D eigenvalue weighted by Gasteiger charge is -2.08. The Bertz CT molecular complexity index is 1290. The SMILES string of the molecule is COc1ccc2c(Cl)c(C(=O)Nc3cccc(C(=O)Nc4ccc(F)cc4)c3)sc2c1. The summed E-state index contributed by atoms with van der Waals surface area (Å²) in [6, 6.07) is 17.4. The molecule has 156 valence electrons. The summed E-state index contributed by atoms with van der Waals surface area (Å²) < 4.78 is 19.1. The van der Waals surface area contributed by atoms with Crippen molar-refractivity contribution in [1.29, 1.82) is 0 Å². The first kappa shape index (κ1) is 20.8. The Morgan fingerprint density at radius 3 is 2.42 bits per heavy atom. The van der Waals surface area contributed by atoms with Gasteiger partial charge in [-0.2, -0.15) is 0 Å². The zero-order chi connectivity index (χ0) is 22.0. The summed E-state index contributed by atoms with van der Waals surface area (Å²) in [7, 11) is 1.57. The lowest BCUT2D eigenvalue weighted by molar-refractivity contribution is 0.101. The first-order valence-electron chi connectivity index (χ1n) is 9.19. The van der Waals surface area contributed by atoms with E-state index in [4.69, 9.17) is 16.3 Å². The Labute approximate surface area is 186 Å². The van der Waals surface area contributed by atoms with Crippen molar-refractivity contribution in [2.24, 2.45) is 0 Å². The average molecular weight is 455 g/mol. The molecule has 1 heterocycles. The van der Waals surface area contributed by atoms with E-state index in [2.05, 4.69) is 10.6 Å². The van der Waals surface area contributed by atoms with Crippen LogP contribution in [0.4, 0.5) is 15.8 Å². The van der Waals surface area contributed by atoms with Crippen molar-refractivity contribution >= 4 is 56.2 Å². The fraction of sp³-hybridized carbons (Fsp3) is 0.0435. The van der Waals surface area contributed by atoms with E-state index in [9.17, 15) is 14.0 Å². The minimum absolute atomic E-state index is 0.342. The summed E-state index contributed by atoms with van der Waals surface area (Å²) in [5, 5.41) is 6.60. The number of thiophene rings is 1. The van der Waals surface area contributed by atoms with E-state index in [1.807, 2.05) is 12.1 Å². The molecule has 0 unspecified atom stereocenters. The van der Waals surface area contributed by atoms with Crippen LogP contribution in [0.25, 0.3) is 10.1 Å². The van der Waals surface area contributed by atoms with Crippen LogP contribution < -0.4 is 15.4 Å². The van der Waals surface area contributed by atoms with Gasteiger partial charge in [0.1, 0.15) is 16.4 Å². The van der Waals surface area contributed by atoms with Crippen molar-refractivity contribution in [1.82, 2.24) is 0 Å². The van der Waals surface area contributed by atoms with Crippen LogP contribution in [0.2, 0.25) is 5.02 Å². The first-order valence-corrected chi connectivity index (χ1v) is 10.4. The summed E-state index contributed by atoms with van der Waals surface area (Å²) in [5.41, 5.74) is 1.26. The second kappa shape index (κ2) is 8.75. The third-order valence-corrected chi connectivity index (χ3v) is 6.18. The van der Waals surface area contributed by atoms with E-state index in [-0.39, 0.29) is 17.6 Å². The smallest absolute Gasteiger partial charge is 0.267 e. The standard InChI is InChI=1S/C23H16ClFN2O3S/c1-30-17-9-10-18-19(12-17)31-21(20(18)24)23(29)27-16-4-2-3-13(11-16)22(28)26-15-7-5-14(25)6-8-15/h2-12H,1H3,(H,26,28)(H,27,29). The van der Waals surface area contributed by atoms with E-state index in [1.165, 1.54) is 35.6 Å². The molecule has 0 radical (unpaired) electrons. The van der Waals surface area contributed by atoms with Crippen LogP contribution in [0.15, 0.2) is 66.7 Å². The van der Waals surface area contributed by atoms with Gasteiger partial charge in [-0.3, -0.25) is 9.59 Å². The molecule has 0 saturated heterocycles. The number of nitrogens with one attached hydrogen (secondary N) is 2. The fourth-order valence-corrected chi connectivity index (χ4v) is 4.42. The number of amides is 2. The van der Waals surface area contributed by atoms with Gasteiger partial charge in [0.05, 0.1) is 12.1 Å². The maximum absolute atomic E-state index is 13.0. The van der Waals surface area contributed by atoms with Gasteiger partial charge in [0, 0.05) is 27.0 Å². The van der Waals surface area contributed by atoms with Gasteiger partial charge in [-0.1, -0.05) is 17.7 Å². The van der Waals surface area contributed by atoms with Crippen LogP contribution in [0.1, 0.15) is 20.0 Å². The molecule has 0 aliphatic carbocycles. The molecule has 31 heavy (non-hydrogen) atoms. The first-order chi connectivity index (χ1) is 14.9. The third kappa shape index (κ3) is 4.52. The maximum Gasteiger partial charge on any atom is 0.267 e. The zero-order valence-corrected chi connectivity index (χ0v) is 17.8. The Balaban J connectivity index is 1.52. The van der Waals surface area contributed by atoms with Crippen LogP contribution >= 0.6 is 22.9 Å². The number of benzene rings is 3. The predicted molar refractivity (Wildman–Crippen MR) is 122 cm³/mol. The van der Waals surface area contributed by atoms with Gasteiger partial charge in [0.2, 0.25) is 0 Å². The van der Waals surface area contributed by atoms with E-state index in [0.29, 0.717) is 32.6 Å². The highest BCUT2D eigenvalue weighted by atomic mass is 35.5. The minimum Gasteiger partial charge on any atom is -0.497 e. The van der Waals surface area contributed by atoms with Crippen molar-refractivity contribution in [3.63, 3.8) is 0 Å². The lowest BCUT2D eigenvalue weighted by atomic mass is 10.1. The molecule has 2 amide bonds. The Kier molecular flexibility index (Phi) is 5.88. The molecule has 0 bridgehead atoms. The number of hydrogen-bond donors (Lipinski definition) is 2. The maximum atomic E-state index is 13.0. The molecule has 8 heteroatoms. The van der Waals surface area contributed by atoms with Gasteiger partial charge in [-0.25, -0.2) is 4.39 Å². The second-order valence-electron chi connectivity index (χ2n) is 6.60. The minimum atomic E-state index is -0.388. The second-order valence-corrected chi connectivity index (χ2v) is 8.03. The highest BCUT2D eigenvalue weighted by Gasteiger charge is 2.18. The van der Waals surface area contributed by atoms with Crippen LogP contribution in [0, 0.1) is 5.82 Å². The molecule has 4 rings (SSSR count). The van der Waals surface area contributed by atoms with Gasteiger partial charge < -0.3 is 15.4 Å². The van der Waals surface area contributed by atoms with Crippen LogP contribution in [-0.2, 0) is 0 Å². The summed E-state index contributed by atoms with van der Waals surface area (Å²) in [6.07, 6.45) is 0. The van der Waals surface area contributed by atoms with E-state index < -0.39 is 0 Å². The Morgan fingerprint density at radius 2 is 1.68 bits per heavy atom. The number of halogens is 2. The Hall–Kier alpha value is -3.42. The van der Waals surface area contributed by atoms with Gasteiger partial charge >= 0.3 is 0 Å². The predicted octanol–water partition coefficient (Wildman–Crippen LogP) is 6.21. The molecule has 0 aliphatic heterocycles. The number of rotatable bonds is 5. The molecule has 0 aliphatic rings. The van der Waals surface area contributed by atoms with E-state index in [1.54, 1.807) is 37.4 Å². The molecular formula is C23H16ClFN2O3S. The molecule has 0 saturated carbocycles. The van der Waals surface area contributed by atoms with Gasteiger partial charge in [-0.15, -0.1) is 11.3 Å². The average Bonchev–Trinajstić information content (AvgIpc) is 3.11. The number of methoxy groups -OCH3 is 1. The lowest BCUT2D eigenvalue weighted by Crippen LogP contribution is -2.14. The molecule has 3 aromatic carbocycles. The van der Waals surface area contributed by atoms with Crippen molar-refractivity contribution in [3.8, 4) is 5.75 Å². The normalized spacial score (nSPS) is 10.7. The summed E-state index contributed by atoms with van der Waals surface area (Å²) >= 11 is 7.68. The van der Waals surface area contributed by atoms with Crippen molar-refractivity contribution in [3.05, 3.63) is 88.0 Å². The van der Waals surface area contributed by atoms with Crippen LogP contribution in [-0.4, -0.2) is 18.9 Å². The van der Waals surface area contributed by atoms with Crippen LogP contribution in [0.3, 0.4) is 0 Å². The molecule has 2 N–H and O–H groups in total. The van der Waals surface area contributed by atoms with Gasteiger partial charge in [0.15, 0.2) is 0 Å². The van der Waals surface area contributed by atoms with Crippen molar-refractivity contribution in [2.75, 3.05) is 17.7 Å². The molecule has 0 fully saturated rings. The monoisotopic (exact) mass is 454 g/mol. The number of ether oxygens (including phenoxy) is 1. The quantitative estimate of drug-likeness (QED) is 0.377. The topological polar surface area (TPSA) is 67.4 Å². The fourth-order valence-electron chi connectivity index (χ4n) is 2.98. The molecule has 0 atom stereocenters. The summed E-state index contributed by atoms with van der Waals surface area (Å²) in [4.78, 5) is 25.7. The molecule has 5 nitrogen and oxygen atoms in total. The number of carbonyl (C=O) groups is 2. The number of carbonyl (C=O) groups excluding carboxylic acids is 2. The number of fused-ring (bicyclic) bond motifs is 1. The zero-order valence-electron chi connectivity index (χ0n) is 16.2. The Morgan fingerprint density at radius 1 is 0.935 bits per heavy atom. The summed E-state index contributed by atoms with van der Waals surface area (Å²) in [6.45, 7) is 0. The van der Waals surface area contributed by atoms with Gasteiger partial charge in [-0.05, 0) is 60.7 Å². The highest BCUT2D eigenvalue weighted by molar-refractivity contribution is 7.21. The molecule has 1 aromatic heterocycles. The van der Waals surface area contributed by atoms with Gasteiger partial charge in [0.25, 0.3) is 11.8 Å². The number of anilines is 2. The van der Waals surface area contributed by atoms with E-state index >= 15 is 0 Å². The highest BCUT2D eigenvalue weighted by Crippen LogP contribution is 2.37. The summed E-state index contributed by atoms with van der Waals surface area (Å²) in [5.74, 6) is -0.464. The van der Waals surface area contributed by atoms with E-state index in [0.717, 1.165) is 10.1 Å². The van der Waals surface area contributed by atoms with Crippen LogP contribution in [0.5, 0.6) is 5.75 Å². The largest absolute Gasteiger partial charge is 0.497 e.